The third kappa shape index (κ3) is 2.80. The Bertz CT molecular complexity index is 942. The summed E-state index contributed by atoms with van der Waals surface area (Å²) in [6, 6.07) is 9.25. The molecule has 0 bridgehead atoms. The molecule has 1 aliphatic rings. The van der Waals surface area contributed by atoms with Gasteiger partial charge in [0.25, 0.3) is 5.91 Å². The van der Waals surface area contributed by atoms with Gasteiger partial charge in [0.1, 0.15) is 5.75 Å². The molecule has 1 aromatic heterocycles. The van der Waals surface area contributed by atoms with Gasteiger partial charge in [0.05, 0.1) is 18.1 Å². The van der Waals surface area contributed by atoms with Gasteiger partial charge in [0.2, 0.25) is 5.95 Å². The minimum Gasteiger partial charge on any atom is -0.497 e. The van der Waals surface area contributed by atoms with Gasteiger partial charge in [-0.15, -0.1) is 8.78 Å². The molecule has 0 aliphatic carbocycles. The molecule has 0 saturated carbocycles. The number of carbonyl (C=O) groups is 1. The normalized spacial score (nSPS) is 14.5. The number of rotatable bonds is 3. The van der Waals surface area contributed by atoms with Crippen molar-refractivity contribution < 1.29 is 27.8 Å². The number of nitrogens with one attached hydrogen (secondary N) is 2. The monoisotopic (exact) mass is 346 g/mol. The Kier molecular flexibility index (Phi) is 3.24. The second kappa shape index (κ2) is 5.33. The molecule has 2 N–H and O–H groups in total. The molecule has 25 heavy (non-hydrogen) atoms. The first-order chi connectivity index (χ1) is 11.9. The highest BCUT2D eigenvalue weighted by atomic mass is 19.3. The Labute approximate surface area is 139 Å². The van der Waals surface area contributed by atoms with Crippen LogP contribution in [0.2, 0.25) is 0 Å². The van der Waals surface area contributed by atoms with E-state index in [1.54, 1.807) is 24.3 Å². The van der Waals surface area contributed by atoms with Gasteiger partial charge in [-0.1, -0.05) is 6.07 Å². The van der Waals surface area contributed by atoms with Gasteiger partial charge in [-0.25, -0.2) is 4.98 Å². The van der Waals surface area contributed by atoms with Crippen LogP contribution in [0.3, 0.4) is 0 Å². The summed E-state index contributed by atoms with van der Waals surface area (Å²) in [4.78, 5) is 19.2. The van der Waals surface area contributed by atoms with E-state index in [9.17, 15) is 13.6 Å². The average molecular weight is 346 g/mol. The largest absolute Gasteiger partial charge is 0.586 e. The highest BCUT2D eigenvalue weighted by Crippen LogP contribution is 2.42. The number of amides is 1. The molecule has 128 valence electrons. The zero-order chi connectivity index (χ0) is 17.6. The van der Waals surface area contributed by atoms with Crippen molar-refractivity contribution in [1.82, 2.24) is 9.97 Å². The van der Waals surface area contributed by atoms with Crippen LogP contribution < -0.4 is 19.5 Å². The number of halogens is 2. The van der Waals surface area contributed by atoms with Gasteiger partial charge in [-0.2, -0.15) is 0 Å². The van der Waals surface area contributed by atoms with Crippen molar-refractivity contribution in [2.75, 3.05) is 12.4 Å². The van der Waals surface area contributed by atoms with Crippen LogP contribution in [0, 0.1) is 0 Å². The third-order valence-electron chi connectivity index (χ3n) is 3.57. The first-order valence-corrected chi connectivity index (χ1v) is 7.18. The Balaban J connectivity index is 1.59. The maximum atomic E-state index is 13.1. The van der Waals surface area contributed by atoms with Crippen LogP contribution in [-0.4, -0.2) is 29.3 Å². The summed E-state index contributed by atoms with van der Waals surface area (Å²) >= 11 is 0. The van der Waals surface area contributed by atoms with E-state index in [4.69, 9.17) is 4.74 Å². The summed E-state index contributed by atoms with van der Waals surface area (Å²) in [7, 11) is 1.50. The molecule has 0 unspecified atom stereocenters. The summed E-state index contributed by atoms with van der Waals surface area (Å²) < 4.78 is 39.9. The van der Waals surface area contributed by atoms with E-state index in [1.165, 1.54) is 19.2 Å². The number of anilines is 1. The lowest BCUT2D eigenvalue weighted by atomic mass is 10.2. The van der Waals surface area contributed by atoms with E-state index in [0.717, 1.165) is 0 Å². The maximum absolute atomic E-state index is 13.1. The van der Waals surface area contributed by atoms with Gasteiger partial charge in [0, 0.05) is 17.7 Å². The second-order valence-electron chi connectivity index (χ2n) is 5.26. The van der Waals surface area contributed by atoms with Crippen molar-refractivity contribution in [3.05, 3.63) is 42.0 Å². The Hall–Kier alpha value is -3.36. The Morgan fingerprint density at radius 1 is 1.24 bits per heavy atom. The van der Waals surface area contributed by atoms with Crippen LogP contribution in [-0.2, 0) is 0 Å². The highest BCUT2D eigenvalue weighted by Gasteiger charge is 2.43. The number of alkyl halides is 2. The number of carbonyl (C=O) groups excluding carboxylic acids is 1. The van der Waals surface area contributed by atoms with Crippen molar-refractivity contribution in [3.63, 3.8) is 0 Å². The lowest BCUT2D eigenvalue weighted by molar-refractivity contribution is -0.286. The van der Waals surface area contributed by atoms with Crippen LogP contribution in [0.1, 0.15) is 10.4 Å². The summed E-state index contributed by atoms with van der Waals surface area (Å²) in [5, 5.41) is 2.60. The standard InChI is InChI=1S/C16H11F2N3O4/c1-23-9-4-2-3-8(5-9)14(22)21-15-19-10-6-12-13(7-11(10)20-15)25-16(17,18)24-12/h2-7H,1H3,(H2,19,20,21,22)/i1-1. The fourth-order valence-electron chi connectivity index (χ4n) is 2.46. The molecule has 0 saturated heterocycles. The molecular formula is C16H11F2N3O4. The second-order valence-corrected chi connectivity index (χ2v) is 5.26. The average Bonchev–Trinajstić information content (AvgIpc) is 3.09. The molecule has 0 radical (unpaired) electrons. The van der Waals surface area contributed by atoms with Crippen LogP contribution >= 0.6 is 0 Å². The van der Waals surface area contributed by atoms with Gasteiger partial charge in [-0.05, 0) is 18.2 Å². The van der Waals surface area contributed by atoms with Crippen molar-refractivity contribution >= 4 is 22.9 Å². The SMILES string of the molecule is [11CH3]Oc1cccc(C(=O)Nc2nc3cc4c(cc3[nH]2)OC(F)(F)O4)c1. The summed E-state index contributed by atoms with van der Waals surface area (Å²) in [5.41, 5.74) is 1.15. The number of aromatic nitrogens is 2. The van der Waals surface area contributed by atoms with Gasteiger partial charge >= 0.3 is 6.29 Å². The predicted octanol–water partition coefficient (Wildman–Crippen LogP) is 3.15. The summed E-state index contributed by atoms with van der Waals surface area (Å²) in [5.74, 6) is 0.0909. The number of benzene rings is 2. The van der Waals surface area contributed by atoms with Crippen molar-refractivity contribution in [2.45, 2.75) is 6.29 Å². The first-order valence-electron chi connectivity index (χ1n) is 7.18. The van der Waals surface area contributed by atoms with E-state index < -0.39 is 12.2 Å². The molecule has 0 fully saturated rings. The molecule has 2 heterocycles. The maximum Gasteiger partial charge on any atom is 0.586 e. The van der Waals surface area contributed by atoms with Crippen LogP contribution in [0.4, 0.5) is 14.7 Å². The molecule has 9 heteroatoms. The van der Waals surface area contributed by atoms with E-state index in [2.05, 4.69) is 24.8 Å². The minimum absolute atomic E-state index is 0.105. The van der Waals surface area contributed by atoms with Crippen LogP contribution in [0.5, 0.6) is 17.2 Å². The lowest BCUT2D eigenvalue weighted by Gasteiger charge is -2.04. The number of aromatic amines is 1. The van der Waals surface area contributed by atoms with Crippen molar-refractivity contribution in [1.29, 1.82) is 0 Å². The molecule has 7 nitrogen and oxygen atoms in total. The summed E-state index contributed by atoms with van der Waals surface area (Å²) in [6.45, 7) is 0. The Morgan fingerprint density at radius 2 is 2.00 bits per heavy atom. The van der Waals surface area contributed by atoms with E-state index >= 15 is 0 Å². The van der Waals surface area contributed by atoms with Gasteiger partial charge in [0.15, 0.2) is 11.5 Å². The summed E-state index contributed by atoms with van der Waals surface area (Å²) in [6.07, 6.45) is -3.69. The quantitative estimate of drug-likeness (QED) is 0.761. The number of H-pyrrole nitrogens is 1. The number of hydrogen-bond donors (Lipinski definition) is 2. The molecule has 1 amide bonds. The molecule has 2 aromatic carbocycles. The number of hydrogen-bond acceptors (Lipinski definition) is 5. The number of ether oxygens (including phenoxy) is 3. The predicted molar refractivity (Wildman–Crippen MR) is 83.2 cm³/mol. The molecule has 0 atom stereocenters. The first kappa shape index (κ1) is 15.2. The van der Waals surface area contributed by atoms with Crippen molar-refractivity contribution in [3.8, 4) is 17.2 Å². The highest BCUT2D eigenvalue weighted by molar-refractivity contribution is 6.04. The van der Waals surface area contributed by atoms with E-state index in [1.807, 2.05) is 0 Å². The van der Waals surface area contributed by atoms with Gasteiger partial charge < -0.3 is 19.2 Å². The van der Waals surface area contributed by atoms with Crippen LogP contribution in [0.25, 0.3) is 11.0 Å². The zero-order valence-electron chi connectivity index (χ0n) is 12.8. The van der Waals surface area contributed by atoms with Crippen molar-refractivity contribution in [2.24, 2.45) is 0 Å². The molecule has 1 aliphatic heterocycles. The Morgan fingerprint density at radius 3 is 2.76 bits per heavy atom. The fourth-order valence-corrected chi connectivity index (χ4v) is 2.46. The molecular weight excluding hydrogens is 335 g/mol. The number of nitrogens with zero attached hydrogens (tertiary/aromatic N) is 1. The lowest BCUT2D eigenvalue weighted by Crippen LogP contribution is -2.25. The zero-order valence-corrected chi connectivity index (χ0v) is 12.8. The molecule has 4 rings (SSSR count). The van der Waals surface area contributed by atoms with E-state index in [-0.39, 0.29) is 17.4 Å². The molecule has 3 aromatic rings. The van der Waals surface area contributed by atoms with E-state index in [0.29, 0.717) is 22.3 Å². The van der Waals surface area contributed by atoms with Crippen LogP contribution in [0.15, 0.2) is 36.4 Å². The number of fused-ring (bicyclic) bond motifs is 2. The third-order valence-corrected chi connectivity index (χ3v) is 3.57. The van der Waals surface area contributed by atoms with Gasteiger partial charge in [-0.3, -0.25) is 10.1 Å². The number of imidazole rings is 1. The minimum atomic E-state index is -3.69. The topological polar surface area (TPSA) is 85.5 Å². The molecule has 0 spiro atoms. The smallest absolute Gasteiger partial charge is 0.497 e. The number of methoxy groups -OCH3 is 1. The fraction of sp³-hybridized carbons (Fsp3) is 0.125.